The Bertz CT molecular complexity index is 1010. The van der Waals surface area contributed by atoms with Crippen molar-refractivity contribution in [3.05, 3.63) is 59.5 Å². The average Bonchev–Trinajstić information content (AvgIpc) is 3.11. The molecule has 3 aromatic rings. The number of aryl methyl sites for hydroxylation is 1. The minimum atomic E-state index is -0.174. The lowest BCUT2D eigenvalue weighted by atomic mass is 10.0. The first-order valence-electron chi connectivity index (χ1n) is 10.0. The lowest BCUT2D eigenvalue weighted by Gasteiger charge is -2.32. The lowest BCUT2D eigenvalue weighted by molar-refractivity contribution is -0.0355. The quantitative estimate of drug-likeness (QED) is 0.722. The van der Waals surface area contributed by atoms with Gasteiger partial charge in [-0.1, -0.05) is 18.2 Å². The van der Waals surface area contributed by atoms with Gasteiger partial charge < -0.3 is 10.1 Å². The summed E-state index contributed by atoms with van der Waals surface area (Å²) in [5.74, 6) is -0.0811. The molecule has 7 heteroatoms. The molecule has 0 spiro atoms. The largest absolute Gasteiger partial charge is 0.369 e. The number of hydrogen-bond acceptors (Lipinski definition) is 5. The van der Waals surface area contributed by atoms with Crippen molar-refractivity contribution >= 4 is 16.8 Å². The predicted octanol–water partition coefficient (Wildman–Crippen LogP) is 2.68. The van der Waals surface area contributed by atoms with Crippen LogP contribution in [0, 0.1) is 0 Å². The normalized spacial score (nSPS) is 17.7. The summed E-state index contributed by atoms with van der Waals surface area (Å²) in [4.78, 5) is 20.0. The van der Waals surface area contributed by atoms with E-state index in [4.69, 9.17) is 9.72 Å². The van der Waals surface area contributed by atoms with Gasteiger partial charge in [0.2, 0.25) is 0 Å². The average molecular weight is 393 g/mol. The maximum absolute atomic E-state index is 12.8. The smallest absolute Gasteiger partial charge is 0.252 e. The van der Waals surface area contributed by atoms with Crippen LogP contribution in [0.1, 0.15) is 41.7 Å². The van der Waals surface area contributed by atoms with Crippen LogP contribution in [0.5, 0.6) is 0 Å². The summed E-state index contributed by atoms with van der Waals surface area (Å²) in [6, 6.07) is 11.8. The third-order valence-corrected chi connectivity index (χ3v) is 5.19. The molecule has 7 nitrogen and oxygen atoms in total. The van der Waals surface area contributed by atoms with Crippen LogP contribution < -0.4 is 5.32 Å². The van der Waals surface area contributed by atoms with Gasteiger partial charge in [0.1, 0.15) is 6.10 Å². The number of pyridine rings is 1. The van der Waals surface area contributed by atoms with E-state index in [1.807, 2.05) is 68.2 Å². The number of fused-ring (bicyclic) bond motifs is 1. The van der Waals surface area contributed by atoms with E-state index in [9.17, 15) is 4.79 Å². The monoisotopic (exact) mass is 393 g/mol. The number of nitrogens with one attached hydrogen (secondary N) is 1. The summed E-state index contributed by atoms with van der Waals surface area (Å²) in [5, 5.41) is 8.11. The van der Waals surface area contributed by atoms with E-state index in [1.54, 1.807) is 0 Å². The predicted molar refractivity (Wildman–Crippen MR) is 112 cm³/mol. The molecule has 1 N–H and O–H groups in total. The van der Waals surface area contributed by atoms with Crippen LogP contribution in [0.4, 0.5) is 0 Å². The molecule has 0 radical (unpaired) electrons. The fourth-order valence-corrected chi connectivity index (χ4v) is 3.70. The summed E-state index contributed by atoms with van der Waals surface area (Å²) in [6.07, 6.45) is 1.64. The number of para-hydroxylation sites is 1. The van der Waals surface area contributed by atoms with Crippen LogP contribution in [0.25, 0.3) is 10.9 Å². The highest BCUT2D eigenvalue weighted by Crippen LogP contribution is 2.26. The van der Waals surface area contributed by atoms with Gasteiger partial charge in [-0.05, 0) is 32.0 Å². The second-order valence-electron chi connectivity index (χ2n) is 7.78. The molecule has 1 saturated heterocycles. The number of morpholine rings is 1. The number of amides is 1. The van der Waals surface area contributed by atoms with Crippen LogP contribution in [-0.2, 0) is 18.3 Å². The van der Waals surface area contributed by atoms with Gasteiger partial charge in [-0.15, -0.1) is 0 Å². The Kier molecular flexibility index (Phi) is 5.60. The number of ether oxygens (including phenoxy) is 1. The van der Waals surface area contributed by atoms with Crippen molar-refractivity contribution in [2.75, 3.05) is 19.7 Å². The molecule has 1 fully saturated rings. The van der Waals surface area contributed by atoms with Crippen molar-refractivity contribution in [2.45, 2.75) is 32.5 Å². The lowest BCUT2D eigenvalue weighted by Crippen LogP contribution is -2.38. The Balaban J connectivity index is 1.62. The maximum atomic E-state index is 12.8. The van der Waals surface area contributed by atoms with E-state index in [-0.39, 0.29) is 18.1 Å². The number of nitrogens with zero attached hydrogens (tertiary/aromatic N) is 4. The number of benzene rings is 1. The highest BCUT2D eigenvalue weighted by molar-refractivity contribution is 6.06. The second kappa shape index (κ2) is 8.31. The van der Waals surface area contributed by atoms with Crippen molar-refractivity contribution < 1.29 is 9.53 Å². The minimum absolute atomic E-state index is 0.0678. The van der Waals surface area contributed by atoms with Crippen molar-refractivity contribution in [2.24, 2.45) is 7.05 Å². The summed E-state index contributed by atoms with van der Waals surface area (Å²) in [7, 11) is 1.96. The van der Waals surface area contributed by atoms with Gasteiger partial charge in [0.15, 0.2) is 0 Å². The van der Waals surface area contributed by atoms with E-state index in [0.29, 0.717) is 12.2 Å². The maximum Gasteiger partial charge on any atom is 0.252 e. The molecule has 1 unspecified atom stereocenters. The zero-order valence-corrected chi connectivity index (χ0v) is 17.1. The Morgan fingerprint density at radius 2 is 2.14 bits per heavy atom. The van der Waals surface area contributed by atoms with E-state index >= 15 is 0 Å². The van der Waals surface area contributed by atoms with E-state index in [0.717, 1.165) is 41.9 Å². The zero-order valence-electron chi connectivity index (χ0n) is 17.1. The second-order valence-corrected chi connectivity index (χ2v) is 7.78. The molecule has 1 aromatic carbocycles. The summed E-state index contributed by atoms with van der Waals surface area (Å²) >= 11 is 0. The molecule has 1 amide bonds. The molecule has 1 atom stereocenters. The molecular formula is C22H27N5O2. The Morgan fingerprint density at radius 1 is 1.31 bits per heavy atom. The van der Waals surface area contributed by atoms with Crippen molar-refractivity contribution in [3.63, 3.8) is 0 Å². The first kappa shape index (κ1) is 19.5. The van der Waals surface area contributed by atoms with Gasteiger partial charge in [0.05, 0.1) is 29.1 Å². The molecule has 0 aliphatic carbocycles. The number of aromatic nitrogens is 3. The van der Waals surface area contributed by atoms with Crippen LogP contribution in [0.3, 0.4) is 0 Å². The van der Waals surface area contributed by atoms with Gasteiger partial charge in [-0.3, -0.25) is 14.4 Å². The zero-order chi connectivity index (χ0) is 20.4. The first-order valence-corrected chi connectivity index (χ1v) is 10.0. The van der Waals surface area contributed by atoms with Gasteiger partial charge in [-0.25, -0.2) is 4.98 Å². The van der Waals surface area contributed by atoms with E-state index in [1.165, 1.54) is 0 Å². The van der Waals surface area contributed by atoms with Gasteiger partial charge in [-0.2, -0.15) is 5.10 Å². The van der Waals surface area contributed by atoms with E-state index < -0.39 is 0 Å². The Hall–Kier alpha value is -2.77. The number of rotatable bonds is 5. The molecule has 0 bridgehead atoms. The van der Waals surface area contributed by atoms with Crippen LogP contribution >= 0.6 is 0 Å². The number of hydrogen-bond donors (Lipinski definition) is 1. The number of carbonyl (C=O) groups is 1. The fraction of sp³-hybridized carbons (Fsp3) is 0.409. The summed E-state index contributed by atoms with van der Waals surface area (Å²) in [6.45, 7) is 6.94. The minimum Gasteiger partial charge on any atom is -0.369 e. The van der Waals surface area contributed by atoms with Crippen molar-refractivity contribution in [1.29, 1.82) is 0 Å². The third-order valence-electron chi connectivity index (χ3n) is 5.19. The SMILES string of the molecule is CC(C)NC(=O)c1cc(C2CN(Cc3ccnn3C)CCO2)nc2ccccc12. The standard InChI is InChI=1S/C22H27N5O2/c1-15(2)24-22(28)18-12-20(25-19-7-5-4-6-17(18)19)21-14-27(10-11-29-21)13-16-8-9-23-26(16)3/h4-9,12,15,21H,10-11,13-14H2,1-3H3,(H,24,28). The summed E-state index contributed by atoms with van der Waals surface area (Å²) < 4.78 is 7.95. The molecule has 3 heterocycles. The molecule has 29 heavy (non-hydrogen) atoms. The molecule has 0 saturated carbocycles. The van der Waals surface area contributed by atoms with Gasteiger partial charge in [0, 0.05) is 44.3 Å². The molecule has 1 aliphatic rings. The Labute approximate surface area is 170 Å². The van der Waals surface area contributed by atoms with Crippen molar-refractivity contribution in [1.82, 2.24) is 25.0 Å². The van der Waals surface area contributed by atoms with Gasteiger partial charge >= 0.3 is 0 Å². The molecule has 2 aromatic heterocycles. The highest BCUT2D eigenvalue weighted by atomic mass is 16.5. The first-order chi connectivity index (χ1) is 14.0. The molecule has 4 rings (SSSR count). The van der Waals surface area contributed by atoms with Gasteiger partial charge in [0.25, 0.3) is 5.91 Å². The molecular weight excluding hydrogens is 366 g/mol. The molecule has 1 aliphatic heterocycles. The third kappa shape index (κ3) is 4.31. The van der Waals surface area contributed by atoms with E-state index in [2.05, 4.69) is 15.3 Å². The topological polar surface area (TPSA) is 72.3 Å². The molecule has 152 valence electrons. The Morgan fingerprint density at radius 3 is 2.90 bits per heavy atom. The van der Waals surface area contributed by atoms with Crippen LogP contribution in [0.15, 0.2) is 42.6 Å². The number of carbonyl (C=O) groups excluding carboxylic acids is 1. The van der Waals surface area contributed by atoms with Crippen LogP contribution in [-0.4, -0.2) is 51.3 Å². The van der Waals surface area contributed by atoms with Crippen LogP contribution in [0.2, 0.25) is 0 Å². The van der Waals surface area contributed by atoms with Crippen molar-refractivity contribution in [3.8, 4) is 0 Å². The summed E-state index contributed by atoms with van der Waals surface area (Å²) in [5.41, 5.74) is 3.42. The highest BCUT2D eigenvalue weighted by Gasteiger charge is 2.25. The fourth-order valence-electron chi connectivity index (χ4n) is 3.70.